The van der Waals surface area contributed by atoms with Crippen LogP contribution >= 0.6 is 11.6 Å². The molecular weight excluding hydrogens is 484 g/mol. The topological polar surface area (TPSA) is 126 Å². The Balaban J connectivity index is 1.99. The van der Waals surface area contributed by atoms with Crippen LogP contribution in [-0.4, -0.2) is 59.2 Å². The van der Waals surface area contributed by atoms with Crippen molar-refractivity contribution in [2.24, 2.45) is 16.6 Å². The zero-order valence-electron chi connectivity index (χ0n) is 21.4. The third-order valence-electron chi connectivity index (χ3n) is 5.49. The number of aliphatic hydroxyl groups is 1. The summed E-state index contributed by atoms with van der Waals surface area (Å²) in [7, 11) is 0. The molecule has 0 aliphatic carbocycles. The van der Waals surface area contributed by atoms with Crippen LogP contribution in [0.5, 0.6) is 5.75 Å². The summed E-state index contributed by atoms with van der Waals surface area (Å²) < 4.78 is 11.0. The van der Waals surface area contributed by atoms with Gasteiger partial charge in [0.15, 0.2) is 5.79 Å². The lowest BCUT2D eigenvalue weighted by molar-refractivity contribution is -0.175. The highest BCUT2D eigenvalue weighted by atomic mass is 35.5. The molecule has 0 aromatic heterocycles. The first-order valence-corrected chi connectivity index (χ1v) is 12.5. The zero-order chi connectivity index (χ0) is 26.7. The molecule has 2 atom stereocenters. The number of halogens is 1. The SMILES string of the molecule is CCC(C)CC(C(=O)N=C(N)/C=C\NCCCOC(C)(C)O)N1CC(Oc2ccccc2Cl)=CC1=O. The number of amides is 2. The Kier molecular flexibility index (Phi) is 11.4. The van der Waals surface area contributed by atoms with Gasteiger partial charge in [0, 0.05) is 18.8 Å². The molecule has 10 heteroatoms. The largest absolute Gasteiger partial charge is 0.458 e. The van der Waals surface area contributed by atoms with E-state index in [0.29, 0.717) is 42.5 Å². The Bertz CT molecular complexity index is 987. The van der Waals surface area contributed by atoms with Crippen LogP contribution in [0.25, 0.3) is 0 Å². The van der Waals surface area contributed by atoms with Gasteiger partial charge in [-0.1, -0.05) is 44.0 Å². The van der Waals surface area contributed by atoms with E-state index in [1.54, 1.807) is 44.3 Å². The van der Waals surface area contributed by atoms with Crippen molar-refractivity contribution in [2.75, 3.05) is 19.7 Å². The highest BCUT2D eigenvalue weighted by molar-refractivity contribution is 6.32. The zero-order valence-corrected chi connectivity index (χ0v) is 22.1. The highest BCUT2D eigenvalue weighted by Gasteiger charge is 2.35. The Morgan fingerprint density at radius 2 is 2.11 bits per heavy atom. The van der Waals surface area contributed by atoms with Gasteiger partial charge in [-0.2, -0.15) is 4.99 Å². The van der Waals surface area contributed by atoms with Crippen LogP contribution in [0, 0.1) is 5.92 Å². The van der Waals surface area contributed by atoms with Gasteiger partial charge < -0.3 is 30.5 Å². The molecule has 0 saturated heterocycles. The van der Waals surface area contributed by atoms with E-state index >= 15 is 0 Å². The van der Waals surface area contributed by atoms with Crippen molar-refractivity contribution in [1.29, 1.82) is 0 Å². The van der Waals surface area contributed by atoms with E-state index in [0.717, 1.165) is 6.42 Å². The molecule has 198 valence electrons. The number of benzene rings is 1. The van der Waals surface area contributed by atoms with E-state index < -0.39 is 17.7 Å². The van der Waals surface area contributed by atoms with Crippen LogP contribution in [0.4, 0.5) is 0 Å². The second-order valence-electron chi connectivity index (χ2n) is 9.19. The number of nitrogens with zero attached hydrogens (tertiary/aromatic N) is 2. The minimum Gasteiger partial charge on any atom is -0.458 e. The number of nitrogens with one attached hydrogen (secondary N) is 1. The highest BCUT2D eigenvalue weighted by Crippen LogP contribution is 2.28. The molecule has 0 saturated carbocycles. The molecule has 1 heterocycles. The lowest BCUT2D eigenvalue weighted by Crippen LogP contribution is -2.43. The first-order valence-electron chi connectivity index (χ1n) is 12.1. The fourth-order valence-corrected chi connectivity index (χ4v) is 3.55. The fraction of sp³-hybridized carbons (Fsp3) is 0.500. The standard InChI is InChI=1S/C26H37ClN4O5/c1-5-18(2)15-21(25(33)30-23(28)11-13-29-12-8-14-35-26(3,4)34)31-17-19(16-24(31)32)36-22-10-7-6-9-20(22)27/h6-7,9-11,13,16,18,21,29,34H,5,8,12,14-15,17H2,1-4H3,(H2,28,30,33)/b13-11-. The predicted molar refractivity (Wildman–Crippen MR) is 140 cm³/mol. The lowest BCUT2D eigenvalue weighted by atomic mass is 9.98. The Hall–Kier alpha value is -2.88. The molecule has 0 fully saturated rings. The Labute approximate surface area is 218 Å². The summed E-state index contributed by atoms with van der Waals surface area (Å²) in [6, 6.07) is 6.22. The van der Waals surface area contributed by atoms with Gasteiger partial charge in [0.25, 0.3) is 11.8 Å². The molecule has 2 rings (SSSR count). The first kappa shape index (κ1) is 29.4. The van der Waals surface area contributed by atoms with Crippen molar-refractivity contribution in [3.8, 4) is 5.75 Å². The molecule has 0 bridgehead atoms. The van der Waals surface area contributed by atoms with Crippen molar-refractivity contribution in [3.05, 3.63) is 53.4 Å². The Morgan fingerprint density at radius 1 is 1.39 bits per heavy atom. The number of aliphatic imine (C=N–C) groups is 1. The molecule has 9 nitrogen and oxygen atoms in total. The molecule has 4 N–H and O–H groups in total. The number of para-hydroxylation sites is 1. The molecule has 1 aromatic carbocycles. The van der Waals surface area contributed by atoms with Crippen LogP contribution in [-0.2, 0) is 14.3 Å². The van der Waals surface area contributed by atoms with Crippen molar-refractivity contribution < 1.29 is 24.2 Å². The molecule has 0 spiro atoms. The van der Waals surface area contributed by atoms with Crippen LogP contribution in [0.3, 0.4) is 0 Å². The second kappa shape index (κ2) is 14.0. The molecule has 2 unspecified atom stereocenters. The Morgan fingerprint density at radius 3 is 2.78 bits per heavy atom. The summed E-state index contributed by atoms with van der Waals surface area (Å²) in [6.07, 6.45) is 6.43. The minimum atomic E-state index is -1.16. The number of carbonyl (C=O) groups excluding carboxylic acids is 2. The molecule has 1 aliphatic heterocycles. The van der Waals surface area contributed by atoms with Crippen molar-refractivity contribution in [3.63, 3.8) is 0 Å². The maximum Gasteiger partial charge on any atom is 0.270 e. The van der Waals surface area contributed by atoms with Gasteiger partial charge in [-0.3, -0.25) is 9.59 Å². The minimum absolute atomic E-state index is 0.0292. The van der Waals surface area contributed by atoms with E-state index in [2.05, 4.69) is 10.3 Å². The number of carbonyl (C=O) groups is 2. The number of hydrogen-bond acceptors (Lipinski definition) is 6. The van der Waals surface area contributed by atoms with E-state index in [1.165, 1.54) is 17.1 Å². The molecule has 1 aliphatic rings. The van der Waals surface area contributed by atoms with Crippen LogP contribution < -0.4 is 15.8 Å². The summed E-state index contributed by atoms with van der Waals surface area (Å²) >= 11 is 6.16. The summed E-state index contributed by atoms with van der Waals surface area (Å²) in [4.78, 5) is 31.3. The van der Waals surface area contributed by atoms with Crippen molar-refractivity contribution in [1.82, 2.24) is 10.2 Å². The molecule has 0 radical (unpaired) electrons. The van der Waals surface area contributed by atoms with Gasteiger partial charge in [0.05, 0.1) is 18.2 Å². The summed E-state index contributed by atoms with van der Waals surface area (Å²) in [6.45, 7) is 8.31. The number of ether oxygens (including phenoxy) is 2. The molecule has 1 aromatic rings. The van der Waals surface area contributed by atoms with Gasteiger partial charge in [-0.05, 0) is 50.8 Å². The number of nitrogens with two attached hydrogens (primary N) is 1. The first-order chi connectivity index (χ1) is 17.0. The van der Waals surface area contributed by atoms with E-state index in [-0.39, 0.29) is 24.2 Å². The number of hydrogen-bond donors (Lipinski definition) is 3. The van der Waals surface area contributed by atoms with Crippen molar-refractivity contribution >= 4 is 29.3 Å². The van der Waals surface area contributed by atoms with Crippen LogP contribution in [0.15, 0.2) is 53.4 Å². The normalized spacial score (nSPS) is 16.3. The second-order valence-corrected chi connectivity index (χ2v) is 9.59. The average molecular weight is 521 g/mol. The van der Waals surface area contributed by atoms with Crippen LogP contribution in [0.1, 0.15) is 47.0 Å². The van der Waals surface area contributed by atoms with Gasteiger partial charge >= 0.3 is 0 Å². The average Bonchev–Trinajstić information content (AvgIpc) is 3.16. The molecular formula is C26H37ClN4O5. The number of amidine groups is 1. The molecule has 2 amide bonds. The maximum atomic E-state index is 13.1. The van der Waals surface area contributed by atoms with Gasteiger partial charge in [-0.25, -0.2) is 0 Å². The maximum absolute atomic E-state index is 13.1. The van der Waals surface area contributed by atoms with Crippen molar-refractivity contribution in [2.45, 2.75) is 58.8 Å². The quantitative estimate of drug-likeness (QED) is 0.148. The van der Waals surface area contributed by atoms with Gasteiger partial charge in [0.2, 0.25) is 0 Å². The summed E-state index contributed by atoms with van der Waals surface area (Å²) in [5.41, 5.74) is 5.94. The monoisotopic (exact) mass is 520 g/mol. The third kappa shape index (κ3) is 10.0. The van der Waals surface area contributed by atoms with E-state index in [9.17, 15) is 14.7 Å². The van der Waals surface area contributed by atoms with Crippen LogP contribution in [0.2, 0.25) is 5.02 Å². The summed E-state index contributed by atoms with van der Waals surface area (Å²) in [5, 5.41) is 13.0. The van der Waals surface area contributed by atoms with Gasteiger partial charge in [-0.15, -0.1) is 0 Å². The van der Waals surface area contributed by atoms with E-state index in [4.69, 9.17) is 26.8 Å². The smallest absolute Gasteiger partial charge is 0.270 e. The summed E-state index contributed by atoms with van der Waals surface area (Å²) in [5.74, 6) is -0.898. The third-order valence-corrected chi connectivity index (χ3v) is 5.80. The lowest BCUT2D eigenvalue weighted by Gasteiger charge is -2.27. The fourth-order valence-electron chi connectivity index (χ4n) is 3.38. The molecule has 36 heavy (non-hydrogen) atoms. The predicted octanol–water partition coefficient (Wildman–Crippen LogP) is 3.37. The number of rotatable bonds is 14. The van der Waals surface area contributed by atoms with Gasteiger partial charge in [0.1, 0.15) is 23.4 Å². The van der Waals surface area contributed by atoms with E-state index in [1.807, 2.05) is 13.8 Å².